The molecule has 3 amide bonds. The van der Waals surface area contributed by atoms with Crippen LogP contribution < -0.4 is 5.32 Å². The second-order valence-corrected chi connectivity index (χ2v) is 10.7. The standard InChI is InChI=1S/C25H38N2O7S/c1-17(28)18(8-6-7-12-27-21(30)9-10-22(27)31)14-20(29)16-26-24(33)19(11-13-35-5)15-23(32)34-25(2,3)4/h9-10,18-19H,6-8,11-16H2,1-5H3,(H,26,33)/t18-,19-/m1/s1. The number of Topliss-reactive ketones (excluding diaryl/α,β-unsaturated/α-hetero) is 2. The Morgan fingerprint density at radius 2 is 1.63 bits per heavy atom. The highest BCUT2D eigenvalue weighted by Crippen LogP contribution is 2.18. The Hall–Kier alpha value is -2.49. The lowest BCUT2D eigenvalue weighted by Crippen LogP contribution is -2.37. The van der Waals surface area contributed by atoms with E-state index in [1.807, 2.05) is 6.26 Å². The van der Waals surface area contributed by atoms with Crippen molar-refractivity contribution in [2.45, 2.75) is 71.8 Å². The first-order valence-electron chi connectivity index (χ1n) is 11.9. The molecule has 1 aliphatic rings. The van der Waals surface area contributed by atoms with E-state index >= 15 is 0 Å². The average Bonchev–Trinajstić information content (AvgIpc) is 3.07. The number of ketones is 2. The van der Waals surface area contributed by atoms with Crippen LogP contribution in [0.25, 0.3) is 0 Å². The summed E-state index contributed by atoms with van der Waals surface area (Å²) in [5, 5.41) is 2.61. The highest BCUT2D eigenvalue weighted by Gasteiger charge is 2.27. The summed E-state index contributed by atoms with van der Waals surface area (Å²) in [4.78, 5) is 73.6. The summed E-state index contributed by atoms with van der Waals surface area (Å²) < 4.78 is 5.32. The molecular formula is C25H38N2O7S. The van der Waals surface area contributed by atoms with Crippen LogP contribution in [0.5, 0.6) is 0 Å². The topological polar surface area (TPSA) is 127 Å². The van der Waals surface area contributed by atoms with Crippen LogP contribution in [-0.4, -0.2) is 70.9 Å². The van der Waals surface area contributed by atoms with Gasteiger partial charge >= 0.3 is 5.97 Å². The summed E-state index contributed by atoms with van der Waals surface area (Å²) in [6.07, 6.45) is 6.35. The first kappa shape index (κ1) is 30.5. The molecule has 1 aliphatic heterocycles. The fourth-order valence-corrected chi connectivity index (χ4v) is 4.13. The Bertz CT molecular complexity index is 814. The Morgan fingerprint density at radius 3 is 2.17 bits per heavy atom. The number of unbranched alkanes of at least 4 members (excludes halogenated alkanes) is 1. The van der Waals surface area contributed by atoms with E-state index in [4.69, 9.17) is 4.74 Å². The lowest BCUT2D eigenvalue weighted by molar-refractivity contribution is -0.157. The van der Waals surface area contributed by atoms with E-state index in [1.165, 1.54) is 19.1 Å². The Labute approximate surface area is 211 Å². The zero-order valence-corrected chi connectivity index (χ0v) is 22.2. The number of imide groups is 1. The van der Waals surface area contributed by atoms with Gasteiger partial charge in [0.2, 0.25) is 5.91 Å². The molecule has 0 aliphatic carbocycles. The third-order valence-corrected chi connectivity index (χ3v) is 6.11. The molecule has 0 saturated carbocycles. The van der Waals surface area contributed by atoms with Gasteiger partial charge in [0.05, 0.1) is 13.0 Å². The number of thioether (sulfide) groups is 1. The highest BCUT2D eigenvalue weighted by molar-refractivity contribution is 7.98. The van der Waals surface area contributed by atoms with E-state index in [1.54, 1.807) is 32.5 Å². The second kappa shape index (κ2) is 14.8. The van der Waals surface area contributed by atoms with Crippen molar-refractivity contribution >= 4 is 47.0 Å². The number of carbonyl (C=O) groups excluding carboxylic acids is 6. The van der Waals surface area contributed by atoms with Crippen LogP contribution in [-0.2, 0) is 33.5 Å². The number of hydrogen-bond donors (Lipinski definition) is 1. The molecule has 0 unspecified atom stereocenters. The Kier molecular flexibility index (Phi) is 12.9. The number of rotatable bonds is 16. The maximum atomic E-state index is 12.7. The Balaban J connectivity index is 2.50. The fourth-order valence-electron chi connectivity index (χ4n) is 3.61. The summed E-state index contributed by atoms with van der Waals surface area (Å²) in [7, 11) is 0. The van der Waals surface area contributed by atoms with Crippen molar-refractivity contribution in [3.05, 3.63) is 12.2 Å². The first-order chi connectivity index (χ1) is 16.3. The van der Waals surface area contributed by atoms with E-state index in [-0.39, 0.29) is 55.2 Å². The molecule has 0 fully saturated rings. The summed E-state index contributed by atoms with van der Waals surface area (Å²) >= 11 is 1.56. The maximum Gasteiger partial charge on any atom is 0.307 e. The minimum Gasteiger partial charge on any atom is -0.460 e. The van der Waals surface area contributed by atoms with Crippen molar-refractivity contribution in [2.24, 2.45) is 11.8 Å². The van der Waals surface area contributed by atoms with Crippen LogP contribution in [0, 0.1) is 11.8 Å². The van der Waals surface area contributed by atoms with Gasteiger partial charge in [-0.25, -0.2) is 0 Å². The predicted molar refractivity (Wildman–Crippen MR) is 133 cm³/mol. The van der Waals surface area contributed by atoms with E-state index in [9.17, 15) is 28.8 Å². The molecule has 35 heavy (non-hydrogen) atoms. The number of hydrogen-bond acceptors (Lipinski definition) is 8. The zero-order valence-electron chi connectivity index (χ0n) is 21.4. The SMILES string of the molecule is CSCC[C@H](CC(=O)OC(C)(C)C)C(=O)NCC(=O)C[C@@H](CCCCN1C(=O)C=CC1=O)C(C)=O. The summed E-state index contributed by atoms with van der Waals surface area (Å²) in [5.41, 5.74) is -0.647. The van der Waals surface area contributed by atoms with Crippen molar-refractivity contribution in [3.8, 4) is 0 Å². The number of esters is 1. The van der Waals surface area contributed by atoms with E-state index in [0.29, 0.717) is 31.4 Å². The number of carbonyl (C=O) groups is 6. The molecule has 196 valence electrons. The summed E-state index contributed by atoms with van der Waals surface area (Å²) in [6, 6.07) is 0. The predicted octanol–water partition coefficient (Wildman–Crippen LogP) is 2.46. The maximum absolute atomic E-state index is 12.7. The quantitative estimate of drug-likeness (QED) is 0.191. The lowest BCUT2D eigenvalue weighted by Gasteiger charge is -2.22. The van der Waals surface area contributed by atoms with Crippen LogP contribution in [0.1, 0.15) is 66.2 Å². The molecule has 2 atom stereocenters. The van der Waals surface area contributed by atoms with Gasteiger partial charge in [0, 0.05) is 37.0 Å². The smallest absolute Gasteiger partial charge is 0.307 e. The average molecular weight is 511 g/mol. The number of nitrogens with one attached hydrogen (secondary N) is 1. The van der Waals surface area contributed by atoms with Crippen molar-refractivity contribution in [3.63, 3.8) is 0 Å². The second-order valence-electron chi connectivity index (χ2n) is 9.69. The van der Waals surface area contributed by atoms with Gasteiger partial charge in [-0.05, 0) is 59.0 Å². The van der Waals surface area contributed by atoms with Crippen molar-refractivity contribution < 1.29 is 33.5 Å². The van der Waals surface area contributed by atoms with Gasteiger partial charge in [0.1, 0.15) is 11.4 Å². The number of nitrogens with zero attached hydrogens (tertiary/aromatic N) is 1. The van der Waals surface area contributed by atoms with Gasteiger partial charge in [-0.3, -0.25) is 33.7 Å². The monoisotopic (exact) mass is 510 g/mol. The van der Waals surface area contributed by atoms with Gasteiger partial charge in [-0.1, -0.05) is 6.42 Å². The first-order valence-corrected chi connectivity index (χ1v) is 13.3. The van der Waals surface area contributed by atoms with Gasteiger partial charge in [-0.2, -0.15) is 11.8 Å². The van der Waals surface area contributed by atoms with E-state index in [0.717, 1.165) is 4.90 Å². The molecule has 0 spiro atoms. The third kappa shape index (κ3) is 12.2. The van der Waals surface area contributed by atoms with E-state index in [2.05, 4.69) is 5.32 Å². The molecule has 1 heterocycles. The summed E-state index contributed by atoms with van der Waals surface area (Å²) in [5.74, 6) is -2.32. The van der Waals surface area contributed by atoms with Gasteiger partial charge < -0.3 is 10.1 Å². The molecule has 0 aromatic heterocycles. The Morgan fingerprint density at radius 1 is 1.00 bits per heavy atom. The highest BCUT2D eigenvalue weighted by atomic mass is 32.2. The molecule has 1 rings (SSSR count). The molecule has 0 radical (unpaired) electrons. The number of amides is 3. The minimum atomic E-state index is -0.647. The molecular weight excluding hydrogens is 472 g/mol. The van der Waals surface area contributed by atoms with Crippen LogP contribution in [0.2, 0.25) is 0 Å². The molecule has 9 nitrogen and oxygen atoms in total. The molecule has 10 heteroatoms. The lowest BCUT2D eigenvalue weighted by atomic mass is 9.92. The normalized spacial score (nSPS) is 15.2. The molecule has 0 aromatic carbocycles. The van der Waals surface area contributed by atoms with Gasteiger partial charge in [-0.15, -0.1) is 0 Å². The van der Waals surface area contributed by atoms with Crippen LogP contribution in [0.3, 0.4) is 0 Å². The van der Waals surface area contributed by atoms with Crippen molar-refractivity contribution in [2.75, 3.05) is 25.1 Å². The zero-order chi connectivity index (χ0) is 26.6. The molecule has 0 saturated heterocycles. The largest absolute Gasteiger partial charge is 0.460 e. The minimum absolute atomic E-state index is 0.000286. The van der Waals surface area contributed by atoms with Crippen LogP contribution in [0.4, 0.5) is 0 Å². The number of ether oxygens (including phenoxy) is 1. The van der Waals surface area contributed by atoms with Crippen LogP contribution >= 0.6 is 11.8 Å². The molecule has 0 aromatic rings. The fraction of sp³-hybridized carbons (Fsp3) is 0.680. The molecule has 0 bridgehead atoms. The van der Waals surface area contributed by atoms with Crippen LogP contribution in [0.15, 0.2) is 12.2 Å². The van der Waals surface area contributed by atoms with Crippen molar-refractivity contribution in [1.29, 1.82) is 0 Å². The molecule has 1 N–H and O–H groups in total. The van der Waals surface area contributed by atoms with E-state index < -0.39 is 23.4 Å². The summed E-state index contributed by atoms with van der Waals surface area (Å²) in [6.45, 7) is 6.76. The third-order valence-electron chi connectivity index (χ3n) is 5.47. The van der Waals surface area contributed by atoms with Gasteiger partial charge in [0.15, 0.2) is 5.78 Å². The van der Waals surface area contributed by atoms with Crippen molar-refractivity contribution in [1.82, 2.24) is 10.2 Å². The van der Waals surface area contributed by atoms with Gasteiger partial charge in [0.25, 0.3) is 11.8 Å².